The molecule has 0 aliphatic rings. The van der Waals surface area contributed by atoms with Crippen molar-refractivity contribution in [1.29, 1.82) is 0 Å². The highest BCUT2D eigenvalue weighted by Crippen LogP contribution is 1.99. The van der Waals surface area contributed by atoms with Crippen molar-refractivity contribution in [3.8, 4) is 0 Å². The van der Waals surface area contributed by atoms with E-state index in [4.69, 9.17) is 0 Å². The zero-order valence-electron chi connectivity index (χ0n) is 12.4. The minimum absolute atomic E-state index is 0.00445. The summed E-state index contributed by atoms with van der Waals surface area (Å²) in [5.41, 5.74) is 0.999. The summed E-state index contributed by atoms with van der Waals surface area (Å²) in [6.07, 6.45) is 2.44. The number of carbonyl (C=O) groups is 2. The highest BCUT2D eigenvalue weighted by molar-refractivity contribution is 5.78. The molecule has 0 unspecified atom stereocenters. The summed E-state index contributed by atoms with van der Waals surface area (Å²) in [4.78, 5) is 25.0. The fraction of sp³-hybridized carbons (Fsp3) is 0.500. The standard InChI is InChI=1S/C16H24N2O2/c1-3-4-11-18(14(2)19)12-10-17-16(20)13-15-8-6-5-7-9-15/h5-9H,3-4,10-13H2,1-2H3,(H,17,20). The van der Waals surface area contributed by atoms with Gasteiger partial charge in [0.1, 0.15) is 0 Å². The SMILES string of the molecule is CCCCN(CCNC(=O)Cc1ccccc1)C(C)=O. The first-order chi connectivity index (χ1) is 9.63. The van der Waals surface area contributed by atoms with Gasteiger partial charge in [0.15, 0.2) is 0 Å². The first-order valence-electron chi connectivity index (χ1n) is 7.19. The molecule has 0 aromatic heterocycles. The molecule has 0 atom stereocenters. The number of benzene rings is 1. The maximum atomic E-state index is 11.8. The van der Waals surface area contributed by atoms with E-state index in [0.29, 0.717) is 19.5 Å². The van der Waals surface area contributed by atoms with Gasteiger partial charge in [-0.15, -0.1) is 0 Å². The highest BCUT2D eigenvalue weighted by Gasteiger charge is 2.08. The lowest BCUT2D eigenvalue weighted by molar-refractivity contribution is -0.129. The Kier molecular flexibility index (Phi) is 7.40. The Morgan fingerprint density at radius 3 is 2.45 bits per heavy atom. The molecule has 4 heteroatoms. The van der Waals surface area contributed by atoms with Crippen LogP contribution in [0.4, 0.5) is 0 Å². The number of nitrogens with one attached hydrogen (secondary N) is 1. The van der Waals surface area contributed by atoms with Gasteiger partial charge in [-0.2, -0.15) is 0 Å². The van der Waals surface area contributed by atoms with Crippen LogP contribution in [0.25, 0.3) is 0 Å². The van der Waals surface area contributed by atoms with Gasteiger partial charge in [-0.25, -0.2) is 0 Å². The Morgan fingerprint density at radius 2 is 1.85 bits per heavy atom. The predicted octanol–water partition coefficient (Wildman–Crippen LogP) is 1.99. The molecule has 1 rings (SSSR count). The van der Waals surface area contributed by atoms with Gasteiger partial charge in [0.25, 0.3) is 0 Å². The largest absolute Gasteiger partial charge is 0.354 e. The molecule has 1 aromatic carbocycles. The molecule has 2 amide bonds. The van der Waals surface area contributed by atoms with E-state index >= 15 is 0 Å². The Labute approximate surface area is 121 Å². The quantitative estimate of drug-likeness (QED) is 0.789. The minimum atomic E-state index is -0.00445. The lowest BCUT2D eigenvalue weighted by Gasteiger charge is -2.20. The Bertz CT molecular complexity index is 418. The van der Waals surface area contributed by atoms with E-state index in [1.807, 2.05) is 30.3 Å². The van der Waals surface area contributed by atoms with E-state index in [-0.39, 0.29) is 11.8 Å². The van der Waals surface area contributed by atoms with Gasteiger partial charge in [0.05, 0.1) is 6.42 Å². The van der Waals surface area contributed by atoms with E-state index in [0.717, 1.165) is 24.9 Å². The van der Waals surface area contributed by atoms with Gasteiger partial charge < -0.3 is 10.2 Å². The Hall–Kier alpha value is -1.84. The van der Waals surface area contributed by atoms with Gasteiger partial charge in [-0.3, -0.25) is 9.59 Å². The van der Waals surface area contributed by atoms with E-state index in [1.54, 1.807) is 11.8 Å². The summed E-state index contributed by atoms with van der Waals surface area (Å²) in [6, 6.07) is 9.64. The fourth-order valence-electron chi connectivity index (χ4n) is 1.95. The second-order valence-corrected chi connectivity index (χ2v) is 4.87. The lowest BCUT2D eigenvalue weighted by Crippen LogP contribution is -2.38. The fourth-order valence-corrected chi connectivity index (χ4v) is 1.95. The van der Waals surface area contributed by atoms with E-state index in [1.165, 1.54) is 0 Å². The van der Waals surface area contributed by atoms with Crippen molar-refractivity contribution in [3.05, 3.63) is 35.9 Å². The number of amides is 2. The molecule has 1 N–H and O–H groups in total. The van der Waals surface area contributed by atoms with Crippen LogP contribution in [0, 0.1) is 0 Å². The Balaban J connectivity index is 2.28. The molecule has 0 fully saturated rings. The summed E-state index contributed by atoms with van der Waals surface area (Å²) in [5, 5.41) is 2.86. The summed E-state index contributed by atoms with van der Waals surface area (Å²) >= 11 is 0. The number of rotatable bonds is 8. The smallest absolute Gasteiger partial charge is 0.224 e. The second kappa shape index (κ2) is 9.13. The van der Waals surface area contributed by atoms with Crippen LogP contribution >= 0.6 is 0 Å². The molecular formula is C16H24N2O2. The third kappa shape index (κ3) is 6.36. The molecule has 0 saturated heterocycles. The zero-order chi connectivity index (χ0) is 14.8. The summed E-state index contributed by atoms with van der Waals surface area (Å²) in [5.74, 6) is 0.0611. The van der Waals surface area contributed by atoms with Gasteiger partial charge >= 0.3 is 0 Å². The number of hydrogen-bond donors (Lipinski definition) is 1. The van der Waals surface area contributed by atoms with E-state index in [2.05, 4.69) is 12.2 Å². The molecule has 0 aliphatic heterocycles. The summed E-state index contributed by atoms with van der Waals surface area (Å²) < 4.78 is 0. The van der Waals surface area contributed by atoms with Crippen LogP contribution in [0.1, 0.15) is 32.3 Å². The van der Waals surface area contributed by atoms with Crippen LogP contribution < -0.4 is 5.32 Å². The maximum absolute atomic E-state index is 11.8. The van der Waals surface area contributed by atoms with Gasteiger partial charge in [0, 0.05) is 26.6 Å². The van der Waals surface area contributed by atoms with Crippen LogP contribution in [0.2, 0.25) is 0 Å². The van der Waals surface area contributed by atoms with Crippen molar-refractivity contribution in [3.63, 3.8) is 0 Å². The second-order valence-electron chi connectivity index (χ2n) is 4.87. The topological polar surface area (TPSA) is 49.4 Å². The van der Waals surface area contributed by atoms with Crippen LogP contribution in [0.3, 0.4) is 0 Å². The number of carbonyl (C=O) groups excluding carboxylic acids is 2. The third-order valence-corrected chi connectivity index (χ3v) is 3.14. The normalized spacial score (nSPS) is 10.1. The lowest BCUT2D eigenvalue weighted by atomic mass is 10.1. The molecule has 0 bridgehead atoms. The van der Waals surface area contributed by atoms with Crippen LogP contribution in [-0.2, 0) is 16.0 Å². The summed E-state index contributed by atoms with van der Waals surface area (Å²) in [6.45, 7) is 5.52. The first-order valence-corrected chi connectivity index (χ1v) is 7.19. The zero-order valence-corrected chi connectivity index (χ0v) is 12.4. The molecule has 0 aliphatic carbocycles. The maximum Gasteiger partial charge on any atom is 0.224 e. The van der Waals surface area contributed by atoms with Gasteiger partial charge in [-0.05, 0) is 12.0 Å². The Morgan fingerprint density at radius 1 is 1.15 bits per heavy atom. The molecule has 0 heterocycles. The number of nitrogens with zero attached hydrogens (tertiary/aromatic N) is 1. The average molecular weight is 276 g/mol. The van der Waals surface area contributed by atoms with Gasteiger partial charge in [-0.1, -0.05) is 43.7 Å². The third-order valence-electron chi connectivity index (χ3n) is 3.14. The van der Waals surface area contributed by atoms with Crippen molar-refractivity contribution in [1.82, 2.24) is 10.2 Å². The van der Waals surface area contributed by atoms with Crippen LogP contribution in [-0.4, -0.2) is 36.3 Å². The molecular weight excluding hydrogens is 252 g/mol. The summed E-state index contributed by atoms with van der Waals surface area (Å²) in [7, 11) is 0. The predicted molar refractivity (Wildman–Crippen MR) is 80.3 cm³/mol. The van der Waals surface area contributed by atoms with Crippen LogP contribution in [0.15, 0.2) is 30.3 Å². The minimum Gasteiger partial charge on any atom is -0.354 e. The molecule has 20 heavy (non-hydrogen) atoms. The first kappa shape index (κ1) is 16.2. The van der Waals surface area contributed by atoms with Crippen molar-refractivity contribution < 1.29 is 9.59 Å². The molecule has 4 nitrogen and oxygen atoms in total. The number of hydrogen-bond acceptors (Lipinski definition) is 2. The molecule has 0 radical (unpaired) electrons. The van der Waals surface area contributed by atoms with Crippen molar-refractivity contribution in [2.75, 3.05) is 19.6 Å². The van der Waals surface area contributed by atoms with Crippen LogP contribution in [0.5, 0.6) is 0 Å². The highest BCUT2D eigenvalue weighted by atomic mass is 16.2. The average Bonchev–Trinajstić information content (AvgIpc) is 2.43. The monoisotopic (exact) mass is 276 g/mol. The molecule has 1 aromatic rings. The van der Waals surface area contributed by atoms with Crippen molar-refractivity contribution in [2.45, 2.75) is 33.1 Å². The van der Waals surface area contributed by atoms with Crippen molar-refractivity contribution in [2.24, 2.45) is 0 Å². The molecule has 110 valence electrons. The van der Waals surface area contributed by atoms with E-state index < -0.39 is 0 Å². The van der Waals surface area contributed by atoms with Gasteiger partial charge in [0.2, 0.25) is 11.8 Å². The van der Waals surface area contributed by atoms with Crippen molar-refractivity contribution >= 4 is 11.8 Å². The number of unbranched alkanes of at least 4 members (excludes halogenated alkanes) is 1. The molecule has 0 saturated carbocycles. The molecule has 0 spiro atoms. The van der Waals surface area contributed by atoms with E-state index in [9.17, 15) is 9.59 Å².